The average molecular weight is 371 g/mol. The lowest BCUT2D eigenvalue weighted by atomic mass is 10.1. The maximum absolute atomic E-state index is 13.0. The molecule has 26 heavy (non-hydrogen) atoms. The van der Waals surface area contributed by atoms with Gasteiger partial charge in [0.05, 0.1) is 15.7 Å². The topological polar surface area (TPSA) is 44.9 Å². The minimum Gasteiger partial charge on any atom is -0.360 e. The first kappa shape index (κ1) is 20.4. The number of aryl methyl sites for hydroxylation is 1. The van der Waals surface area contributed by atoms with Gasteiger partial charge in [-0.15, -0.1) is 0 Å². The monoisotopic (exact) mass is 370 g/mol. The van der Waals surface area contributed by atoms with Gasteiger partial charge in [0.1, 0.15) is 0 Å². The zero-order valence-corrected chi connectivity index (χ0v) is 17.0. The zero-order valence-electron chi connectivity index (χ0n) is 16.2. The van der Waals surface area contributed by atoms with Crippen LogP contribution in [-0.2, 0) is 17.2 Å². The molecular formula is C22H30N2OS. The van der Waals surface area contributed by atoms with Gasteiger partial charge in [0.15, 0.2) is 0 Å². The van der Waals surface area contributed by atoms with Gasteiger partial charge in [0, 0.05) is 28.0 Å². The Balaban J connectivity index is 0.00000117. The number of hydrogen-bond donors (Lipinski definition) is 2. The fraction of sp³-hybridized carbons (Fsp3) is 0.364. The van der Waals surface area contributed by atoms with E-state index in [0.717, 1.165) is 40.1 Å². The lowest BCUT2D eigenvalue weighted by Gasteiger charge is -2.09. The van der Waals surface area contributed by atoms with Gasteiger partial charge >= 0.3 is 0 Å². The Morgan fingerprint density at radius 3 is 2.46 bits per heavy atom. The smallest absolute Gasteiger partial charge is 0.0871 e. The average Bonchev–Trinajstić information content (AvgIpc) is 3.11. The Labute approximate surface area is 159 Å². The Bertz CT molecular complexity index is 825. The molecule has 0 saturated heterocycles. The van der Waals surface area contributed by atoms with E-state index in [2.05, 4.69) is 42.3 Å². The quantitative estimate of drug-likeness (QED) is 0.555. The van der Waals surface area contributed by atoms with Gasteiger partial charge in [0.2, 0.25) is 0 Å². The van der Waals surface area contributed by atoms with Gasteiger partial charge in [-0.2, -0.15) is 0 Å². The molecule has 2 N–H and O–H groups in total. The van der Waals surface area contributed by atoms with Crippen molar-refractivity contribution in [3.8, 4) is 0 Å². The van der Waals surface area contributed by atoms with Crippen LogP contribution in [-0.4, -0.2) is 21.8 Å². The van der Waals surface area contributed by atoms with E-state index in [1.54, 1.807) is 0 Å². The van der Waals surface area contributed by atoms with E-state index in [1.807, 2.05) is 50.4 Å². The summed E-state index contributed by atoms with van der Waals surface area (Å²) in [6.45, 7) is 9.32. The van der Waals surface area contributed by atoms with Crippen LogP contribution in [0.5, 0.6) is 0 Å². The summed E-state index contributed by atoms with van der Waals surface area (Å²) >= 11 is 0. The van der Waals surface area contributed by atoms with E-state index in [4.69, 9.17) is 0 Å². The molecule has 0 aliphatic heterocycles. The van der Waals surface area contributed by atoms with Crippen molar-refractivity contribution < 1.29 is 4.21 Å². The third-order valence-corrected chi connectivity index (χ3v) is 5.51. The van der Waals surface area contributed by atoms with E-state index in [-0.39, 0.29) is 0 Å². The molecule has 1 atom stereocenters. The highest BCUT2D eigenvalue weighted by atomic mass is 32.2. The second kappa shape index (κ2) is 10.3. The van der Waals surface area contributed by atoms with Gasteiger partial charge in [-0.05, 0) is 43.1 Å². The van der Waals surface area contributed by atoms with Gasteiger partial charge in [-0.3, -0.25) is 0 Å². The Morgan fingerprint density at radius 2 is 1.77 bits per heavy atom. The van der Waals surface area contributed by atoms with Crippen molar-refractivity contribution in [2.45, 2.75) is 56.4 Å². The first-order valence-electron chi connectivity index (χ1n) is 9.46. The minimum atomic E-state index is -1.16. The van der Waals surface area contributed by atoms with E-state index in [0.29, 0.717) is 6.04 Å². The van der Waals surface area contributed by atoms with Crippen molar-refractivity contribution >= 4 is 21.7 Å². The molecule has 3 aromatic rings. The van der Waals surface area contributed by atoms with Crippen LogP contribution in [0.4, 0.5) is 0 Å². The molecule has 2 aromatic carbocycles. The Hall–Kier alpha value is -1.91. The van der Waals surface area contributed by atoms with Crippen LogP contribution < -0.4 is 5.32 Å². The molecule has 0 radical (unpaired) electrons. The fourth-order valence-electron chi connectivity index (χ4n) is 2.92. The third kappa shape index (κ3) is 5.05. The summed E-state index contributed by atoms with van der Waals surface area (Å²) in [5, 5.41) is 4.57. The summed E-state index contributed by atoms with van der Waals surface area (Å²) in [4.78, 5) is 5.00. The normalized spacial score (nSPS) is 12.0. The molecule has 0 spiro atoms. The molecule has 0 amide bonds. The number of rotatable bonds is 7. The summed E-state index contributed by atoms with van der Waals surface area (Å²) in [5.74, 6) is 0. The highest BCUT2D eigenvalue weighted by Gasteiger charge is 2.15. The maximum atomic E-state index is 13.0. The molecule has 0 aliphatic rings. The van der Waals surface area contributed by atoms with Crippen molar-refractivity contribution in [2.75, 3.05) is 6.54 Å². The molecule has 0 bridgehead atoms. The molecule has 1 aromatic heterocycles. The van der Waals surface area contributed by atoms with Crippen molar-refractivity contribution in [2.24, 2.45) is 0 Å². The first-order valence-corrected chi connectivity index (χ1v) is 10.6. The number of nitrogens with one attached hydrogen (secondary N) is 2. The number of hydrogen-bond acceptors (Lipinski definition) is 2. The van der Waals surface area contributed by atoms with Crippen molar-refractivity contribution in [3.05, 3.63) is 60.3 Å². The lowest BCUT2D eigenvalue weighted by molar-refractivity contribution is 0.571. The van der Waals surface area contributed by atoms with Crippen LogP contribution >= 0.6 is 0 Å². The van der Waals surface area contributed by atoms with Crippen LogP contribution in [0, 0.1) is 0 Å². The van der Waals surface area contributed by atoms with E-state index >= 15 is 0 Å². The van der Waals surface area contributed by atoms with Crippen LogP contribution in [0.1, 0.15) is 39.7 Å². The van der Waals surface area contributed by atoms with Crippen molar-refractivity contribution in [1.82, 2.24) is 10.3 Å². The number of aromatic amines is 1. The van der Waals surface area contributed by atoms with Gasteiger partial charge < -0.3 is 10.3 Å². The van der Waals surface area contributed by atoms with Crippen LogP contribution in [0.25, 0.3) is 10.9 Å². The molecule has 4 heteroatoms. The fourth-order valence-corrected chi connectivity index (χ4v) is 4.17. The van der Waals surface area contributed by atoms with Gasteiger partial charge in [-0.25, -0.2) is 4.21 Å². The molecule has 140 valence electrons. The summed E-state index contributed by atoms with van der Waals surface area (Å²) in [7, 11) is -1.16. The molecule has 3 rings (SSSR count). The number of benzene rings is 2. The summed E-state index contributed by atoms with van der Waals surface area (Å²) in [6, 6.07) is 16.4. The predicted octanol–water partition coefficient (Wildman–Crippen LogP) is 5.29. The Morgan fingerprint density at radius 1 is 1.04 bits per heavy atom. The molecule has 0 fully saturated rings. The molecular weight excluding hydrogens is 340 g/mol. The second-order valence-corrected chi connectivity index (χ2v) is 7.74. The zero-order chi connectivity index (χ0) is 18.9. The highest BCUT2D eigenvalue weighted by molar-refractivity contribution is 7.85. The van der Waals surface area contributed by atoms with E-state index < -0.39 is 10.8 Å². The molecule has 1 unspecified atom stereocenters. The first-order chi connectivity index (χ1) is 12.7. The van der Waals surface area contributed by atoms with E-state index in [1.165, 1.54) is 5.56 Å². The van der Waals surface area contributed by atoms with Gasteiger partial charge in [-0.1, -0.05) is 58.0 Å². The standard InChI is InChI=1S/C20H24N2OS.C2H6/c1-15(2)21-13-7-9-16-8-6-12-18-20(16)19(14-22-18)24(23)17-10-4-3-5-11-17;1-2/h3-6,8,10-12,14-15,21-22H,7,9,13H2,1-2H3;1-2H3. The number of aromatic nitrogens is 1. The predicted molar refractivity (Wildman–Crippen MR) is 112 cm³/mol. The Kier molecular flexibility index (Phi) is 8.07. The molecule has 1 heterocycles. The summed E-state index contributed by atoms with van der Waals surface area (Å²) < 4.78 is 13.0. The summed E-state index contributed by atoms with van der Waals surface area (Å²) in [6.07, 6.45) is 3.94. The lowest BCUT2D eigenvalue weighted by Crippen LogP contribution is -2.23. The maximum Gasteiger partial charge on any atom is 0.0871 e. The minimum absolute atomic E-state index is 0.509. The van der Waals surface area contributed by atoms with Crippen molar-refractivity contribution in [1.29, 1.82) is 0 Å². The van der Waals surface area contributed by atoms with Crippen LogP contribution in [0.3, 0.4) is 0 Å². The largest absolute Gasteiger partial charge is 0.360 e. The van der Waals surface area contributed by atoms with Crippen LogP contribution in [0.2, 0.25) is 0 Å². The van der Waals surface area contributed by atoms with Crippen LogP contribution in [0.15, 0.2) is 64.5 Å². The van der Waals surface area contributed by atoms with Gasteiger partial charge in [0.25, 0.3) is 0 Å². The highest BCUT2D eigenvalue weighted by Crippen LogP contribution is 2.29. The second-order valence-electron chi connectivity index (χ2n) is 6.29. The SMILES string of the molecule is CC.CC(C)NCCCc1cccc2[nH]cc(S(=O)c3ccccc3)c12. The summed E-state index contributed by atoms with van der Waals surface area (Å²) in [5.41, 5.74) is 2.32. The van der Waals surface area contributed by atoms with Crippen molar-refractivity contribution in [3.63, 3.8) is 0 Å². The third-order valence-electron chi connectivity index (χ3n) is 4.09. The molecule has 0 aliphatic carbocycles. The molecule has 3 nitrogen and oxygen atoms in total. The van der Waals surface area contributed by atoms with E-state index in [9.17, 15) is 4.21 Å². The number of fused-ring (bicyclic) bond motifs is 1. The molecule has 0 saturated carbocycles. The number of H-pyrrole nitrogens is 1.